The van der Waals surface area contributed by atoms with E-state index in [1.165, 1.54) is 11.1 Å². The average molecular weight is 372 g/mol. The zero-order valence-corrected chi connectivity index (χ0v) is 16.4. The van der Waals surface area contributed by atoms with Gasteiger partial charge in [-0.2, -0.15) is 0 Å². The Hall–Kier alpha value is -3.21. The van der Waals surface area contributed by atoms with Crippen LogP contribution in [0.4, 0.5) is 17.3 Å². The molecule has 1 atom stereocenters. The number of nitrogens with zero attached hydrogens (tertiary/aromatic N) is 3. The van der Waals surface area contributed by atoms with Gasteiger partial charge in [0.1, 0.15) is 5.69 Å². The number of benzene rings is 2. The Morgan fingerprint density at radius 1 is 1.18 bits per heavy atom. The standard InChI is InChI=1S/C23H24N4O/c1-4-17-10-7-8-15(2)21(17)26-23-24-13-12-19(25-23)22(28)27-16(3)14-18-9-5-6-11-20(18)27/h5-13,16H,4,14H2,1-3H3,(H,24,25,26). The van der Waals surface area contributed by atoms with Crippen LogP contribution in [-0.2, 0) is 12.8 Å². The number of rotatable bonds is 4. The summed E-state index contributed by atoms with van der Waals surface area (Å²) in [5, 5.41) is 3.31. The van der Waals surface area contributed by atoms with Crippen LogP contribution in [0.15, 0.2) is 54.7 Å². The second-order valence-corrected chi connectivity index (χ2v) is 7.21. The van der Waals surface area contributed by atoms with Gasteiger partial charge in [0.05, 0.1) is 0 Å². The number of fused-ring (bicyclic) bond motifs is 1. The van der Waals surface area contributed by atoms with E-state index in [1.807, 2.05) is 29.2 Å². The molecule has 0 saturated heterocycles. The lowest BCUT2D eigenvalue weighted by atomic mass is 10.1. The van der Waals surface area contributed by atoms with Crippen molar-refractivity contribution in [3.8, 4) is 0 Å². The molecule has 0 radical (unpaired) electrons. The van der Waals surface area contributed by atoms with Crippen LogP contribution in [0.1, 0.15) is 41.0 Å². The molecule has 0 fully saturated rings. The van der Waals surface area contributed by atoms with Gasteiger partial charge in [0.25, 0.3) is 5.91 Å². The number of para-hydroxylation sites is 2. The maximum Gasteiger partial charge on any atom is 0.277 e. The first-order valence-electron chi connectivity index (χ1n) is 9.68. The fraction of sp³-hybridized carbons (Fsp3) is 0.261. The highest BCUT2D eigenvalue weighted by molar-refractivity contribution is 6.06. The lowest BCUT2D eigenvalue weighted by molar-refractivity contribution is 0.0976. The highest BCUT2D eigenvalue weighted by Crippen LogP contribution is 2.33. The molecule has 5 nitrogen and oxygen atoms in total. The molecule has 1 unspecified atom stereocenters. The van der Waals surface area contributed by atoms with Gasteiger partial charge in [-0.05, 0) is 55.5 Å². The molecule has 1 amide bonds. The number of anilines is 3. The highest BCUT2D eigenvalue weighted by Gasteiger charge is 2.32. The first kappa shape index (κ1) is 18.2. The summed E-state index contributed by atoms with van der Waals surface area (Å²) in [5.41, 5.74) is 5.90. The van der Waals surface area contributed by atoms with E-state index < -0.39 is 0 Å². The predicted octanol–water partition coefficient (Wildman–Crippen LogP) is 4.68. The van der Waals surface area contributed by atoms with Crippen molar-refractivity contribution in [2.75, 3.05) is 10.2 Å². The largest absolute Gasteiger partial charge is 0.324 e. The average Bonchev–Trinajstić information content (AvgIpc) is 3.05. The predicted molar refractivity (Wildman–Crippen MR) is 112 cm³/mol. The summed E-state index contributed by atoms with van der Waals surface area (Å²) < 4.78 is 0. The Balaban J connectivity index is 1.64. The minimum absolute atomic E-state index is 0.0941. The smallest absolute Gasteiger partial charge is 0.277 e. The van der Waals surface area contributed by atoms with E-state index in [0.717, 1.165) is 29.8 Å². The molecular formula is C23H24N4O. The Kier molecular flexibility index (Phi) is 4.82. The summed E-state index contributed by atoms with van der Waals surface area (Å²) in [6.45, 7) is 6.24. The minimum atomic E-state index is -0.0941. The monoisotopic (exact) mass is 372 g/mol. The third-order valence-electron chi connectivity index (χ3n) is 5.28. The Morgan fingerprint density at radius 2 is 2.00 bits per heavy atom. The molecule has 0 aliphatic carbocycles. The molecule has 1 aliphatic heterocycles. The molecule has 1 N–H and O–H groups in total. The summed E-state index contributed by atoms with van der Waals surface area (Å²) in [6.07, 6.45) is 3.41. The summed E-state index contributed by atoms with van der Waals surface area (Å²) in [7, 11) is 0. The number of nitrogens with one attached hydrogen (secondary N) is 1. The lowest BCUT2D eigenvalue weighted by Gasteiger charge is -2.22. The molecule has 0 spiro atoms. The van der Waals surface area contributed by atoms with Crippen LogP contribution in [0.3, 0.4) is 0 Å². The summed E-state index contributed by atoms with van der Waals surface area (Å²) >= 11 is 0. The van der Waals surface area contributed by atoms with Gasteiger partial charge in [-0.25, -0.2) is 9.97 Å². The van der Waals surface area contributed by atoms with Gasteiger partial charge < -0.3 is 10.2 Å². The maximum absolute atomic E-state index is 13.2. The van der Waals surface area contributed by atoms with E-state index in [2.05, 4.69) is 54.3 Å². The molecule has 0 bridgehead atoms. The number of carbonyl (C=O) groups excluding carboxylic acids is 1. The van der Waals surface area contributed by atoms with Gasteiger partial charge in [0.15, 0.2) is 0 Å². The highest BCUT2D eigenvalue weighted by atomic mass is 16.2. The zero-order chi connectivity index (χ0) is 19.7. The third-order valence-corrected chi connectivity index (χ3v) is 5.28. The third kappa shape index (κ3) is 3.24. The van der Waals surface area contributed by atoms with Crippen molar-refractivity contribution in [2.45, 2.75) is 39.7 Å². The summed E-state index contributed by atoms with van der Waals surface area (Å²) in [6, 6.07) is 16.0. The van der Waals surface area contributed by atoms with Crippen LogP contribution >= 0.6 is 0 Å². The molecule has 142 valence electrons. The minimum Gasteiger partial charge on any atom is -0.324 e. The van der Waals surface area contributed by atoms with Crippen LogP contribution in [0.25, 0.3) is 0 Å². The van der Waals surface area contributed by atoms with Crippen molar-refractivity contribution >= 4 is 23.2 Å². The zero-order valence-electron chi connectivity index (χ0n) is 16.4. The van der Waals surface area contributed by atoms with Gasteiger partial charge in [-0.3, -0.25) is 4.79 Å². The second kappa shape index (κ2) is 7.43. The van der Waals surface area contributed by atoms with Gasteiger partial charge in [-0.15, -0.1) is 0 Å². The Bertz CT molecular complexity index is 1030. The second-order valence-electron chi connectivity index (χ2n) is 7.21. The molecular weight excluding hydrogens is 348 g/mol. The number of aromatic nitrogens is 2. The number of hydrogen-bond acceptors (Lipinski definition) is 4. The van der Waals surface area contributed by atoms with Gasteiger partial charge in [0, 0.05) is 23.6 Å². The fourth-order valence-electron chi connectivity index (χ4n) is 3.85. The summed E-state index contributed by atoms with van der Waals surface area (Å²) in [4.78, 5) is 23.9. The van der Waals surface area contributed by atoms with Gasteiger partial charge in [0.2, 0.25) is 5.95 Å². The van der Waals surface area contributed by atoms with Crippen molar-refractivity contribution in [3.63, 3.8) is 0 Å². The molecule has 1 aromatic heterocycles. The molecule has 5 heteroatoms. The van der Waals surface area contributed by atoms with Crippen molar-refractivity contribution in [1.29, 1.82) is 0 Å². The molecule has 0 saturated carbocycles. The molecule has 28 heavy (non-hydrogen) atoms. The molecule has 2 aromatic carbocycles. The normalized spacial score (nSPS) is 15.4. The van der Waals surface area contributed by atoms with E-state index in [1.54, 1.807) is 12.3 Å². The van der Waals surface area contributed by atoms with Crippen molar-refractivity contribution < 1.29 is 4.79 Å². The molecule has 3 aromatic rings. The Labute approximate surface area is 165 Å². The van der Waals surface area contributed by atoms with Crippen LogP contribution in [-0.4, -0.2) is 21.9 Å². The fourth-order valence-corrected chi connectivity index (χ4v) is 3.85. The van der Waals surface area contributed by atoms with Crippen LogP contribution in [0.2, 0.25) is 0 Å². The number of carbonyl (C=O) groups is 1. The van der Waals surface area contributed by atoms with Crippen LogP contribution in [0.5, 0.6) is 0 Å². The van der Waals surface area contributed by atoms with E-state index >= 15 is 0 Å². The van der Waals surface area contributed by atoms with Crippen LogP contribution < -0.4 is 10.2 Å². The SMILES string of the molecule is CCc1cccc(C)c1Nc1nccc(C(=O)N2c3ccccc3CC2C)n1. The van der Waals surface area contributed by atoms with Crippen molar-refractivity contribution in [3.05, 3.63) is 77.1 Å². The quantitative estimate of drug-likeness (QED) is 0.722. The van der Waals surface area contributed by atoms with E-state index in [4.69, 9.17) is 0 Å². The number of aryl methyl sites for hydroxylation is 2. The topological polar surface area (TPSA) is 58.1 Å². The van der Waals surface area contributed by atoms with E-state index in [-0.39, 0.29) is 11.9 Å². The lowest BCUT2D eigenvalue weighted by Crippen LogP contribution is -2.36. The first-order valence-corrected chi connectivity index (χ1v) is 9.68. The number of amides is 1. The van der Waals surface area contributed by atoms with Crippen LogP contribution in [0, 0.1) is 6.92 Å². The molecule has 1 aliphatic rings. The van der Waals surface area contributed by atoms with Gasteiger partial charge in [-0.1, -0.05) is 43.3 Å². The number of hydrogen-bond donors (Lipinski definition) is 1. The van der Waals surface area contributed by atoms with Gasteiger partial charge >= 0.3 is 0 Å². The van der Waals surface area contributed by atoms with E-state index in [0.29, 0.717) is 11.6 Å². The first-order chi connectivity index (χ1) is 13.6. The van der Waals surface area contributed by atoms with Crippen molar-refractivity contribution in [2.24, 2.45) is 0 Å². The van der Waals surface area contributed by atoms with Crippen molar-refractivity contribution in [1.82, 2.24) is 9.97 Å². The Morgan fingerprint density at radius 3 is 2.82 bits per heavy atom. The maximum atomic E-state index is 13.2. The molecule has 4 rings (SSSR count). The van der Waals surface area contributed by atoms with E-state index in [9.17, 15) is 4.79 Å². The summed E-state index contributed by atoms with van der Waals surface area (Å²) in [5.74, 6) is 0.346. The molecule has 2 heterocycles.